The Hall–Kier alpha value is -1.69. The van der Waals surface area contributed by atoms with Crippen LogP contribution in [0.5, 0.6) is 0 Å². The number of benzene rings is 1. The Kier molecular flexibility index (Phi) is 7.82. The van der Waals surface area contributed by atoms with Gasteiger partial charge in [-0.2, -0.15) is 11.8 Å². The van der Waals surface area contributed by atoms with Gasteiger partial charge in [0, 0.05) is 29.4 Å². The predicted molar refractivity (Wildman–Crippen MR) is 113 cm³/mol. The maximum Gasteiger partial charge on any atom is 0.227 e. The highest BCUT2D eigenvalue weighted by molar-refractivity contribution is 7.99. The van der Waals surface area contributed by atoms with Crippen LogP contribution in [-0.4, -0.2) is 36.0 Å². The molecular weight excluding hydrogens is 344 g/mol. The smallest absolute Gasteiger partial charge is 0.227 e. The molecule has 2 rings (SSSR count). The molecule has 6 heteroatoms. The summed E-state index contributed by atoms with van der Waals surface area (Å²) in [5.41, 5.74) is 1.94. The van der Waals surface area contributed by atoms with Gasteiger partial charge in [-0.3, -0.25) is 4.79 Å². The second-order valence-electron chi connectivity index (χ2n) is 7.33. The van der Waals surface area contributed by atoms with Crippen molar-refractivity contribution in [1.82, 2.24) is 10.6 Å². The van der Waals surface area contributed by atoms with Crippen LogP contribution in [0.4, 0.5) is 5.69 Å². The van der Waals surface area contributed by atoms with Crippen molar-refractivity contribution >= 4 is 29.3 Å². The molecule has 1 amide bonds. The molecule has 26 heavy (non-hydrogen) atoms. The molecule has 0 spiro atoms. The largest absolute Gasteiger partial charge is 0.357 e. The quantitative estimate of drug-likeness (QED) is 0.479. The van der Waals surface area contributed by atoms with Crippen LogP contribution in [0, 0.1) is 5.92 Å². The average molecular weight is 377 g/mol. The van der Waals surface area contributed by atoms with Gasteiger partial charge >= 0.3 is 0 Å². The van der Waals surface area contributed by atoms with Crippen molar-refractivity contribution in [2.75, 3.05) is 24.7 Å². The molecule has 0 atom stereocenters. The molecule has 1 aromatic rings. The van der Waals surface area contributed by atoms with Crippen molar-refractivity contribution < 1.29 is 4.79 Å². The van der Waals surface area contributed by atoms with Gasteiger partial charge in [0.2, 0.25) is 5.91 Å². The van der Waals surface area contributed by atoms with E-state index in [0.717, 1.165) is 43.1 Å². The van der Waals surface area contributed by atoms with E-state index in [4.69, 9.17) is 0 Å². The van der Waals surface area contributed by atoms with Crippen molar-refractivity contribution in [2.45, 2.75) is 51.3 Å². The van der Waals surface area contributed by atoms with E-state index in [1.807, 2.05) is 36.0 Å². The number of hydrogen-bond acceptors (Lipinski definition) is 3. The van der Waals surface area contributed by atoms with Gasteiger partial charge in [-0.1, -0.05) is 18.6 Å². The van der Waals surface area contributed by atoms with Gasteiger partial charge < -0.3 is 16.0 Å². The van der Waals surface area contributed by atoms with E-state index >= 15 is 0 Å². The second kappa shape index (κ2) is 9.86. The lowest BCUT2D eigenvalue weighted by Crippen LogP contribution is -2.43. The highest BCUT2D eigenvalue weighted by atomic mass is 32.2. The summed E-state index contributed by atoms with van der Waals surface area (Å²) in [6, 6.07) is 7.96. The lowest BCUT2D eigenvalue weighted by Gasteiger charge is -2.24. The van der Waals surface area contributed by atoms with E-state index in [-0.39, 0.29) is 16.6 Å². The number of guanidine groups is 1. The van der Waals surface area contributed by atoms with Crippen LogP contribution in [0.2, 0.25) is 0 Å². The lowest BCUT2D eigenvalue weighted by atomic mass is 9.85. The second-order valence-corrected chi connectivity index (χ2v) is 8.84. The Balaban J connectivity index is 1.95. The molecule has 0 aromatic heterocycles. The zero-order valence-corrected chi connectivity index (χ0v) is 17.2. The first-order valence-corrected chi connectivity index (χ1v) is 10.6. The normalized spacial score (nSPS) is 15.3. The molecule has 1 saturated carbocycles. The summed E-state index contributed by atoms with van der Waals surface area (Å²) in [6.45, 7) is 8.72. The Labute approximate surface area is 161 Å². The van der Waals surface area contributed by atoms with Crippen LogP contribution in [-0.2, 0) is 11.3 Å². The van der Waals surface area contributed by atoms with Crippen molar-refractivity contribution in [3.63, 3.8) is 0 Å². The number of carbonyl (C=O) groups excluding carboxylic acids is 1. The molecular formula is C20H32N4OS. The van der Waals surface area contributed by atoms with Crippen LogP contribution in [0.1, 0.15) is 45.6 Å². The van der Waals surface area contributed by atoms with E-state index in [0.29, 0.717) is 6.54 Å². The fourth-order valence-electron chi connectivity index (χ4n) is 2.54. The molecule has 0 aliphatic heterocycles. The molecule has 1 aromatic carbocycles. The molecule has 0 heterocycles. The van der Waals surface area contributed by atoms with E-state index in [2.05, 4.69) is 48.0 Å². The fourth-order valence-corrected chi connectivity index (χ4v) is 2.76. The molecule has 144 valence electrons. The number of anilines is 1. The van der Waals surface area contributed by atoms with Gasteiger partial charge in [-0.05, 0) is 57.6 Å². The molecule has 0 bridgehead atoms. The van der Waals surface area contributed by atoms with E-state index < -0.39 is 0 Å². The van der Waals surface area contributed by atoms with Gasteiger partial charge in [0.25, 0.3) is 0 Å². The predicted octanol–water partition coefficient (Wildman–Crippen LogP) is 3.62. The molecule has 1 fully saturated rings. The summed E-state index contributed by atoms with van der Waals surface area (Å²) in [4.78, 5) is 16.8. The number of carbonyl (C=O) groups is 1. The summed E-state index contributed by atoms with van der Waals surface area (Å²) in [7, 11) is 0. The summed E-state index contributed by atoms with van der Waals surface area (Å²) < 4.78 is 0.155. The topological polar surface area (TPSA) is 65.5 Å². The van der Waals surface area contributed by atoms with Gasteiger partial charge in [-0.15, -0.1) is 0 Å². The monoisotopic (exact) mass is 376 g/mol. The zero-order chi connectivity index (χ0) is 19.0. The van der Waals surface area contributed by atoms with Crippen molar-refractivity contribution in [1.29, 1.82) is 0 Å². The number of nitrogens with one attached hydrogen (secondary N) is 3. The van der Waals surface area contributed by atoms with Crippen LogP contribution in [0.3, 0.4) is 0 Å². The first-order chi connectivity index (χ1) is 12.4. The third-order valence-electron chi connectivity index (χ3n) is 4.67. The molecule has 5 nitrogen and oxygen atoms in total. The number of nitrogens with zero attached hydrogens (tertiary/aromatic N) is 1. The van der Waals surface area contributed by atoms with Crippen LogP contribution < -0.4 is 16.0 Å². The van der Waals surface area contributed by atoms with Gasteiger partial charge in [0.15, 0.2) is 5.96 Å². The summed E-state index contributed by atoms with van der Waals surface area (Å²) in [5.74, 6) is 1.16. The molecule has 0 radical (unpaired) electrons. The van der Waals surface area contributed by atoms with Crippen molar-refractivity contribution in [3.05, 3.63) is 29.8 Å². The third-order valence-corrected chi connectivity index (χ3v) is 5.92. The van der Waals surface area contributed by atoms with Crippen molar-refractivity contribution in [2.24, 2.45) is 10.9 Å². The maximum absolute atomic E-state index is 12.1. The molecule has 1 aliphatic rings. The Morgan fingerprint density at radius 3 is 2.69 bits per heavy atom. The van der Waals surface area contributed by atoms with Gasteiger partial charge in [0.1, 0.15) is 0 Å². The summed E-state index contributed by atoms with van der Waals surface area (Å²) in [6.07, 6.45) is 5.31. The number of amides is 1. The van der Waals surface area contributed by atoms with Gasteiger partial charge in [0.05, 0.1) is 6.54 Å². The molecule has 1 aliphatic carbocycles. The zero-order valence-electron chi connectivity index (χ0n) is 16.4. The SMILES string of the molecule is CCNC(=NCc1cccc(NC(=O)C2CCC2)c1)NCC(C)(C)SC. The minimum Gasteiger partial charge on any atom is -0.357 e. The highest BCUT2D eigenvalue weighted by Gasteiger charge is 2.25. The number of hydrogen-bond donors (Lipinski definition) is 3. The van der Waals surface area contributed by atoms with Crippen molar-refractivity contribution in [3.8, 4) is 0 Å². The van der Waals surface area contributed by atoms with Crippen LogP contribution in [0.15, 0.2) is 29.3 Å². The van der Waals surface area contributed by atoms with E-state index in [1.54, 1.807) is 0 Å². The first kappa shape index (κ1) is 20.6. The molecule has 0 saturated heterocycles. The Morgan fingerprint density at radius 1 is 1.31 bits per heavy atom. The standard InChI is InChI=1S/C20H32N4OS/c1-5-21-19(23-14-20(2,3)26-4)22-13-15-8-6-11-17(12-15)24-18(25)16-9-7-10-16/h6,8,11-12,16H,5,7,9-10,13-14H2,1-4H3,(H,24,25)(H2,21,22,23). The highest BCUT2D eigenvalue weighted by Crippen LogP contribution is 2.27. The first-order valence-electron chi connectivity index (χ1n) is 9.40. The van der Waals surface area contributed by atoms with E-state index in [9.17, 15) is 4.79 Å². The molecule has 3 N–H and O–H groups in total. The van der Waals surface area contributed by atoms with Gasteiger partial charge in [-0.25, -0.2) is 4.99 Å². The minimum atomic E-state index is 0.145. The Bertz CT molecular complexity index is 626. The fraction of sp³-hybridized carbons (Fsp3) is 0.600. The Morgan fingerprint density at radius 2 is 2.08 bits per heavy atom. The minimum absolute atomic E-state index is 0.145. The third kappa shape index (κ3) is 6.56. The summed E-state index contributed by atoms with van der Waals surface area (Å²) in [5, 5.41) is 9.72. The summed E-state index contributed by atoms with van der Waals surface area (Å²) >= 11 is 1.83. The number of aliphatic imine (C=N–C) groups is 1. The van der Waals surface area contributed by atoms with E-state index in [1.165, 1.54) is 6.42 Å². The number of thioether (sulfide) groups is 1. The lowest BCUT2D eigenvalue weighted by molar-refractivity contribution is -0.122. The maximum atomic E-state index is 12.1. The van der Waals surface area contributed by atoms with Crippen LogP contribution >= 0.6 is 11.8 Å². The number of rotatable bonds is 8. The van der Waals surface area contributed by atoms with Crippen LogP contribution in [0.25, 0.3) is 0 Å². The average Bonchev–Trinajstić information content (AvgIpc) is 2.56. The molecule has 0 unspecified atom stereocenters.